The van der Waals surface area contributed by atoms with Gasteiger partial charge in [0.15, 0.2) is 5.78 Å². The van der Waals surface area contributed by atoms with Crippen LogP contribution < -0.4 is 10.5 Å². The summed E-state index contributed by atoms with van der Waals surface area (Å²) in [5.74, 6) is 1.10. The lowest BCUT2D eigenvalue weighted by atomic mass is 9.94. The van der Waals surface area contributed by atoms with Gasteiger partial charge in [0.2, 0.25) is 0 Å². The molecule has 0 spiro atoms. The lowest BCUT2D eigenvalue weighted by Crippen LogP contribution is -2.32. The van der Waals surface area contributed by atoms with E-state index in [-0.39, 0.29) is 11.3 Å². The van der Waals surface area contributed by atoms with Crippen LogP contribution in [0.25, 0.3) is 0 Å². The molecule has 1 heterocycles. The molecule has 0 bridgehead atoms. The van der Waals surface area contributed by atoms with Crippen molar-refractivity contribution in [3.05, 3.63) is 29.3 Å². The van der Waals surface area contributed by atoms with Crippen molar-refractivity contribution >= 4 is 5.78 Å². The van der Waals surface area contributed by atoms with E-state index in [9.17, 15) is 4.79 Å². The van der Waals surface area contributed by atoms with Crippen molar-refractivity contribution in [2.75, 3.05) is 6.61 Å². The van der Waals surface area contributed by atoms with Gasteiger partial charge in [-0.15, -0.1) is 0 Å². The van der Waals surface area contributed by atoms with Gasteiger partial charge in [0.05, 0.1) is 6.61 Å². The summed E-state index contributed by atoms with van der Waals surface area (Å²) < 4.78 is 5.54. The Morgan fingerprint density at radius 1 is 1.44 bits per heavy atom. The topological polar surface area (TPSA) is 52.3 Å². The van der Waals surface area contributed by atoms with Gasteiger partial charge in [0, 0.05) is 17.5 Å². The normalized spacial score (nSPS) is 14.8. The number of aryl methyl sites for hydroxylation is 1. The Balaban J connectivity index is 2.07. The van der Waals surface area contributed by atoms with Gasteiger partial charge in [-0.1, -0.05) is 0 Å². The van der Waals surface area contributed by atoms with Crippen molar-refractivity contribution in [3.8, 4) is 5.75 Å². The van der Waals surface area contributed by atoms with Gasteiger partial charge in [-0.05, 0) is 56.9 Å². The van der Waals surface area contributed by atoms with Crippen LogP contribution in [-0.2, 0) is 6.42 Å². The average molecular weight is 247 g/mol. The van der Waals surface area contributed by atoms with E-state index in [2.05, 4.69) is 0 Å². The van der Waals surface area contributed by atoms with Gasteiger partial charge >= 0.3 is 0 Å². The third-order valence-corrected chi connectivity index (χ3v) is 3.23. The Kier molecular flexibility index (Phi) is 3.71. The largest absolute Gasteiger partial charge is 0.493 e. The number of ether oxygens (including phenoxy) is 1. The molecule has 0 aromatic heterocycles. The fourth-order valence-electron chi connectivity index (χ4n) is 2.11. The molecule has 0 unspecified atom stereocenters. The minimum Gasteiger partial charge on any atom is -0.493 e. The fraction of sp³-hybridized carbons (Fsp3) is 0.533. The second kappa shape index (κ2) is 5.11. The predicted molar refractivity (Wildman–Crippen MR) is 72.1 cm³/mol. The Morgan fingerprint density at radius 3 is 2.94 bits per heavy atom. The minimum atomic E-state index is -0.285. The van der Waals surface area contributed by atoms with E-state index in [4.69, 9.17) is 10.5 Å². The molecule has 0 radical (unpaired) electrons. The predicted octanol–water partition coefficient (Wildman–Crippen LogP) is 2.71. The molecule has 0 fully saturated rings. The molecule has 0 amide bonds. The van der Waals surface area contributed by atoms with Crippen molar-refractivity contribution < 1.29 is 9.53 Å². The van der Waals surface area contributed by atoms with Gasteiger partial charge in [0.25, 0.3) is 0 Å². The highest BCUT2D eigenvalue weighted by Crippen LogP contribution is 2.26. The zero-order valence-electron chi connectivity index (χ0n) is 11.2. The van der Waals surface area contributed by atoms with Crippen molar-refractivity contribution in [1.29, 1.82) is 0 Å². The van der Waals surface area contributed by atoms with Crippen LogP contribution in [0.4, 0.5) is 0 Å². The lowest BCUT2D eigenvalue weighted by molar-refractivity contribution is 0.0972. The zero-order chi connectivity index (χ0) is 13.2. The standard InChI is InChI=1S/C15H21NO2/c1-15(2,16)8-7-13(17)11-5-6-14-12(10-11)4-3-9-18-14/h5-6,10H,3-4,7-9,16H2,1-2H3. The first-order valence-electron chi connectivity index (χ1n) is 6.53. The maximum Gasteiger partial charge on any atom is 0.162 e. The maximum absolute atomic E-state index is 12.1. The van der Waals surface area contributed by atoms with Gasteiger partial charge in [-0.3, -0.25) is 4.79 Å². The molecular formula is C15H21NO2. The summed E-state index contributed by atoms with van der Waals surface area (Å²) in [7, 11) is 0. The SMILES string of the molecule is CC(C)(N)CCC(=O)c1ccc2c(c1)CCCO2. The van der Waals surface area contributed by atoms with E-state index in [1.807, 2.05) is 32.0 Å². The molecule has 3 heteroatoms. The molecule has 98 valence electrons. The van der Waals surface area contributed by atoms with E-state index in [1.54, 1.807) is 0 Å². The van der Waals surface area contributed by atoms with E-state index in [1.165, 1.54) is 0 Å². The summed E-state index contributed by atoms with van der Waals surface area (Å²) in [5, 5.41) is 0. The van der Waals surface area contributed by atoms with Crippen molar-refractivity contribution in [2.45, 2.75) is 45.1 Å². The number of hydrogen-bond donors (Lipinski definition) is 1. The molecule has 0 atom stereocenters. The number of ketones is 1. The molecule has 1 aliphatic rings. The highest BCUT2D eigenvalue weighted by molar-refractivity contribution is 5.96. The second-order valence-corrected chi connectivity index (χ2v) is 5.69. The minimum absolute atomic E-state index is 0.168. The van der Waals surface area contributed by atoms with E-state index in [0.29, 0.717) is 12.8 Å². The number of Topliss-reactive ketones (excluding diaryl/α,β-unsaturated/α-hetero) is 1. The Hall–Kier alpha value is -1.35. The van der Waals surface area contributed by atoms with Crippen LogP contribution in [0, 0.1) is 0 Å². The van der Waals surface area contributed by atoms with Crippen LogP contribution in [0.5, 0.6) is 5.75 Å². The van der Waals surface area contributed by atoms with Gasteiger partial charge < -0.3 is 10.5 Å². The number of hydrogen-bond acceptors (Lipinski definition) is 3. The molecule has 18 heavy (non-hydrogen) atoms. The molecule has 1 aromatic rings. The number of carbonyl (C=O) groups is 1. The molecule has 1 aromatic carbocycles. The molecule has 3 nitrogen and oxygen atoms in total. The van der Waals surface area contributed by atoms with Crippen LogP contribution >= 0.6 is 0 Å². The Morgan fingerprint density at radius 2 is 2.22 bits per heavy atom. The smallest absolute Gasteiger partial charge is 0.162 e. The number of fused-ring (bicyclic) bond motifs is 1. The average Bonchev–Trinajstić information content (AvgIpc) is 2.34. The summed E-state index contributed by atoms with van der Waals surface area (Å²) in [4.78, 5) is 12.1. The Bertz CT molecular complexity index is 446. The number of carbonyl (C=O) groups excluding carboxylic acids is 1. The van der Waals surface area contributed by atoms with Gasteiger partial charge in [-0.2, -0.15) is 0 Å². The van der Waals surface area contributed by atoms with Crippen LogP contribution in [0.2, 0.25) is 0 Å². The van der Waals surface area contributed by atoms with Crippen LogP contribution in [-0.4, -0.2) is 17.9 Å². The fourth-order valence-corrected chi connectivity index (χ4v) is 2.11. The highest BCUT2D eigenvalue weighted by Gasteiger charge is 2.16. The summed E-state index contributed by atoms with van der Waals surface area (Å²) in [5.41, 5.74) is 7.55. The van der Waals surface area contributed by atoms with Gasteiger partial charge in [-0.25, -0.2) is 0 Å². The summed E-state index contributed by atoms with van der Waals surface area (Å²) in [6.45, 7) is 4.67. The van der Waals surface area contributed by atoms with E-state index >= 15 is 0 Å². The van der Waals surface area contributed by atoms with Crippen LogP contribution in [0.15, 0.2) is 18.2 Å². The van der Waals surface area contributed by atoms with Crippen molar-refractivity contribution in [1.82, 2.24) is 0 Å². The molecule has 2 rings (SSSR count). The first-order chi connectivity index (χ1) is 8.46. The van der Waals surface area contributed by atoms with Crippen LogP contribution in [0.1, 0.15) is 49.0 Å². The summed E-state index contributed by atoms with van der Waals surface area (Å²) in [6, 6.07) is 5.74. The van der Waals surface area contributed by atoms with E-state index in [0.717, 1.165) is 36.3 Å². The lowest BCUT2D eigenvalue weighted by Gasteiger charge is -2.19. The highest BCUT2D eigenvalue weighted by atomic mass is 16.5. The number of rotatable bonds is 4. The molecule has 0 saturated heterocycles. The molecule has 0 aliphatic carbocycles. The molecular weight excluding hydrogens is 226 g/mol. The third-order valence-electron chi connectivity index (χ3n) is 3.23. The first-order valence-corrected chi connectivity index (χ1v) is 6.53. The number of benzene rings is 1. The first kappa shape index (κ1) is 13.1. The second-order valence-electron chi connectivity index (χ2n) is 5.69. The summed E-state index contributed by atoms with van der Waals surface area (Å²) in [6.07, 6.45) is 3.24. The van der Waals surface area contributed by atoms with Gasteiger partial charge in [0.1, 0.15) is 5.75 Å². The summed E-state index contributed by atoms with van der Waals surface area (Å²) >= 11 is 0. The Labute approximate surface area is 108 Å². The quantitative estimate of drug-likeness (QED) is 0.832. The monoisotopic (exact) mass is 247 g/mol. The van der Waals surface area contributed by atoms with Crippen LogP contribution in [0.3, 0.4) is 0 Å². The maximum atomic E-state index is 12.1. The number of nitrogens with two attached hydrogens (primary N) is 1. The van der Waals surface area contributed by atoms with Crippen molar-refractivity contribution in [2.24, 2.45) is 5.73 Å². The van der Waals surface area contributed by atoms with Crippen molar-refractivity contribution in [3.63, 3.8) is 0 Å². The molecule has 0 saturated carbocycles. The van der Waals surface area contributed by atoms with E-state index < -0.39 is 0 Å². The third kappa shape index (κ3) is 3.33. The zero-order valence-corrected chi connectivity index (χ0v) is 11.2. The molecule has 2 N–H and O–H groups in total. The molecule has 1 aliphatic heterocycles.